The zero-order valence-corrected chi connectivity index (χ0v) is 17.2. The highest BCUT2D eigenvalue weighted by atomic mass is 35.5. The van der Waals surface area contributed by atoms with Gasteiger partial charge < -0.3 is 10.6 Å². The van der Waals surface area contributed by atoms with Gasteiger partial charge in [0.25, 0.3) is 0 Å². The molecule has 0 saturated carbocycles. The van der Waals surface area contributed by atoms with Crippen LogP contribution < -0.4 is 10.6 Å². The minimum Gasteiger partial charge on any atom is -0.325 e. The molecule has 1 fully saturated rings. The molecule has 0 spiro atoms. The van der Waals surface area contributed by atoms with Gasteiger partial charge in [0, 0.05) is 10.7 Å². The van der Waals surface area contributed by atoms with Gasteiger partial charge in [-0.15, -0.1) is 0 Å². The van der Waals surface area contributed by atoms with Crippen molar-refractivity contribution in [1.82, 2.24) is 4.90 Å². The van der Waals surface area contributed by atoms with E-state index in [0.29, 0.717) is 28.7 Å². The Hall–Kier alpha value is -2.08. The second-order valence-electron chi connectivity index (χ2n) is 6.80. The lowest BCUT2D eigenvalue weighted by atomic mass is 10.1. The molecular formula is C21H23Cl2N3O2. The first-order valence-electron chi connectivity index (χ1n) is 9.35. The highest BCUT2D eigenvalue weighted by Crippen LogP contribution is 2.27. The molecule has 1 saturated heterocycles. The number of hydrogen-bond donors (Lipinski definition) is 2. The Morgan fingerprint density at radius 1 is 1.11 bits per heavy atom. The van der Waals surface area contributed by atoms with Crippen molar-refractivity contribution in [2.45, 2.75) is 32.2 Å². The van der Waals surface area contributed by atoms with E-state index in [1.54, 1.807) is 18.2 Å². The topological polar surface area (TPSA) is 61.4 Å². The lowest BCUT2D eigenvalue weighted by molar-refractivity contribution is -0.122. The predicted molar refractivity (Wildman–Crippen MR) is 114 cm³/mol. The number of carbonyl (C=O) groups is 2. The van der Waals surface area contributed by atoms with Gasteiger partial charge in [-0.05, 0) is 55.6 Å². The standard InChI is InChI=1S/C21H23Cl2N3O2/c1-2-14-6-3-4-7-17(14)24-20(27)13-26-11-5-8-19(26)21(28)25-18-10-9-15(22)12-16(18)23/h3-4,6-7,9-10,12,19H,2,5,8,11,13H2,1H3,(H,24,27)(H,25,28). The fourth-order valence-corrected chi connectivity index (χ4v) is 3.90. The summed E-state index contributed by atoms with van der Waals surface area (Å²) in [7, 11) is 0. The Kier molecular flexibility index (Phi) is 6.94. The van der Waals surface area contributed by atoms with Crippen molar-refractivity contribution < 1.29 is 9.59 Å². The first-order valence-corrected chi connectivity index (χ1v) is 10.1. The summed E-state index contributed by atoms with van der Waals surface area (Å²) in [5, 5.41) is 6.71. The van der Waals surface area contributed by atoms with Crippen LogP contribution >= 0.6 is 23.2 Å². The fraction of sp³-hybridized carbons (Fsp3) is 0.333. The molecule has 1 atom stereocenters. The van der Waals surface area contributed by atoms with Gasteiger partial charge in [-0.25, -0.2) is 0 Å². The van der Waals surface area contributed by atoms with Crippen LogP contribution in [0.1, 0.15) is 25.3 Å². The van der Waals surface area contributed by atoms with Crippen LogP contribution in [-0.4, -0.2) is 35.8 Å². The van der Waals surface area contributed by atoms with Crippen LogP contribution in [0.3, 0.4) is 0 Å². The smallest absolute Gasteiger partial charge is 0.241 e. The van der Waals surface area contributed by atoms with E-state index in [9.17, 15) is 9.59 Å². The van der Waals surface area contributed by atoms with Crippen LogP contribution in [0, 0.1) is 0 Å². The minimum atomic E-state index is -0.362. The monoisotopic (exact) mass is 419 g/mol. The van der Waals surface area contributed by atoms with Gasteiger partial charge in [0.05, 0.1) is 23.3 Å². The summed E-state index contributed by atoms with van der Waals surface area (Å²) in [6, 6.07) is 12.3. The Bertz CT molecular complexity index is 872. The number of halogens is 2. The third-order valence-corrected chi connectivity index (χ3v) is 5.42. The number of nitrogens with zero attached hydrogens (tertiary/aromatic N) is 1. The molecule has 2 amide bonds. The summed E-state index contributed by atoms with van der Waals surface area (Å²) < 4.78 is 0. The zero-order chi connectivity index (χ0) is 20.1. The summed E-state index contributed by atoms with van der Waals surface area (Å²) >= 11 is 12.0. The summed E-state index contributed by atoms with van der Waals surface area (Å²) in [6.07, 6.45) is 2.41. The number of rotatable bonds is 6. The van der Waals surface area contributed by atoms with Crippen molar-refractivity contribution in [1.29, 1.82) is 0 Å². The van der Waals surface area contributed by atoms with Gasteiger partial charge in [0.1, 0.15) is 0 Å². The number of carbonyl (C=O) groups excluding carboxylic acids is 2. The van der Waals surface area contributed by atoms with E-state index in [1.807, 2.05) is 36.1 Å². The SMILES string of the molecule is CCc1ccccc1NC(=O)CN1CCCC1C(=O)Nc1ccc(Cl)cc1Cl. The van der Waals surface area contributed by atoms with E-state index in [1.165, 1.54) is 0 Å². The number of aryl methyl sites for hydroxylation is 1. The molecule has 2 N–H and O–H groups in total. The normalized spacial score (nSPS) is 16.8. The second kappa shape index (κ2) is 9.41. The molecule has 7 heteroatoms. The van der Waals surface area contributed by atoms with E-state index >= 15 is 0 Å². The number of likely N-dealkylation sites (tertiary alicyclic amines) is 1. The van der Waals surface area contributed by atoms with Gasteiger partial charge in [-0.1, -0.05) is 48.3 Å². The number of hydrogen-bond acceptors (Lipinski definition) is 3. The van der Waals surface area contributed by atoms with E-state index in [0.717, 1.165) is 24.1 Å². The Labute approximate surface area is 175 Å². The quantitative estimate of drug-likeness (QED) is 0.718. The van der Waals surface area contributed by atoms with Crippen LogP contribution in [0.5, 0.6) is 0 Å². The van der Waals surface area contributed by atoms with Crippen LogP contribution in [-0.2, 0) is 16.0 Å². The summed E-state index contributed by atoms with van der Waals surface area (Å²) in [4.78, 5) is 27.2. The fourth-order valence-electron chi connectivity index (χ4n) is 3.44. The maximum atomic E-state index is 12.7. The van der Waals surface area contributed by atoms with Crippen LogP contribution in [0.15, 0.2) is 42.5 Å². The average Bonchev–Trinajstić information content (AvgIpc) is 3.12. The molecule has 1 aliphatic heterocycles. The number of anilines is 2. The number of nitrogens with one attached hydrogen (secondary N) is 2. The van der Waals surface area contributed by atoms with Gasteiger partial charge >= 0.3 is 0 Å². The Morgan fingerprint density at radius 3 is 2.64 bits per heavy atom. The van der Waals surface area contributed by atoms with Gasteiger partial charge in [0.15, 0.2) is 0 Å². The van der Waals surface area contributed by atoms with Crippen LogP contribution in [0.25, 0.3) is 0 Å². The molecule has 28 heavy (non-hydrogen) atoms. The van der Waals surface area contributed by atoms with Gasteiger partial charge in [-0.2, -0.15) is 0 Å². The first kappa shape index (κ1) is 20.6. The van der Waals surface area contributed by atoms with Crippen LogP contribution in [0.4, 0.5) is 11.4 Å². The molecule has 1 heterocycles. The lowest BCUT2D eigenvalue weighted by Gasteiger charge is -2.23. The molecule has 1 unspecified atom stereocenters. The molecule has 2 aromatic rings. The number of benzene rings is 2. The van der Waals surface area contributed by atoms with Crippen molar-refractivity contribution in [3.05, 3.63) is 58.1 Å². The van der Waals surface area contributed by atoms with Gasteiger partial charge in [0.2, 0.25) is 11.8 Å². The molecule has 0 aliphatic carbocycles. The van der Waals surface area contributed by atoms with E-state index in [-0.39, 0.29) is 24.4 Å². The number of amides is 2. The Morgan fingerprint density at radius 2 is 1.89 bits per heavy atom. The molecule has 0 bridgehead atoms. The Balaban J connectivity index is 1.62. The molecule has 0 aromatic heterocycles. The summed E-state index contributed by atoms with van der Waals surface area (Å²) in [5.74, 6) is -0.284. The maximum absolute atomic E-state index is 12.7. The molecular weight excluding hydrogens is 397 g/mol. The molecule has 0 radical (unpaired) electrons. The highest BCUT2D eigenvalue weighted by Gasteiger charge is 2.32. The molecule has 148 valence electrons. The van der Waals surface area contributed by atoms with E-state index in [4.69, 9.17) is 23.2 Å². The molecule has 2 aromatic carbocycles. The van der Waals surface area contributed by atoms with Crippen LogP contribution in [0.2, 0.25) is 10.0 Å². The minimum absolute atomic E-state index is 0.120. The lowest BCUT2D eigenvalue weighted by Crippen LogP contribution is -2.43. The first-order chi connectivity index (χ1) is 13.5. The largest absolute Gasteiger partial charge is 0.325 e. The zero-order valence-electron chi connectivity index (χ0n) is 15.7. The van der Waals surface area contributed by atoms with Crippen molar-refractivity contribution in [2.75, 3.05) is 23.7 Å². The third-order valence-electron chi connectivity index (χ3n) is 4.87. The van der Waals surface area contributed by atoms with E-state index < -0.39 is 0 Å². The predicted octanol–water partition coefficient (Wildman–Crippen LogP) is 4.60. The average molecular weight is 420 g/mol. The molecule has 5 nitrogen and oxygen atoms in total. The van der Waals surface area contributed by atoms with Gasteiger partial charge in [-0.3, -0.25) is 14.5 Å². The third kappa shape index (κ3) is 5.04. The molecule has 3 rings (SSSR count). The van der Waals surface area contributed by atoms with Crippen molar-refractivity contribution in [3.8, 4) is 0 Å². The van der Waals surface area contributed by atoms with Crippen molar-refractivity contribution in [2.24, 2.45) is 0 Å². The molecule has 1 aliphatic rings. The number of para-hydroxylation sites is 1. The van der Waals surface area contributed by atoms with Crippen molar-refractivity contribution >= 4 is 46.4 Å². The maximum Gasteiger partial charge on any atom is 0.241 e. The van der Waals surface area contributed by atoms with E-state index in [2.05, 4.69) is 10.6 Å². The second-order valence-corrected chi connectivity index (χ2v) is 7.64. The summed E-state index contributed by atoms with van der Waals surface area (Å²) in [6.45, 7) is 2.92. The van der Waals surface area contributed by atoms with Crippen molar-refractivity contribution in [3.63, 3.8) is 0 Å². The summed E-state index contributed by atoms with van der Waals surface area (Å²) in [5.41, 5.74) is 2.43. The highest BCUT2D eigenvalue weighted by molar-refractivity contribution is 6.36.